The fourth-order valence-corrected chi connectivity index (χ4v) is 3.15. The van der Waals surface area contributed by atoms with Crippen LogP contribution >= 0.6 is 15.9 Å². The summed E-state index contributed by atoms with van der Waals surface area (Å²) < 4.78 is 12.1. The van der Waals surface area contributed by atoms with E-state index in [0.717, 1.165) is 18.5 Å². The highest BCUT2D eigenvalue weighted by molar-refractivity contribution is 9.10. The molecule has 0 saturated heterocycles. The van der Waals surface area contributed by atoms with Crippen molar-refractivity contribution in [2.45, 2.75) is 38.7 Å². The highest BCUT2D eigenvalue weighted by Crippen LogP contribution is 2.34. The second-order valence-corrected chi connectivity index (χ2v) is 6.65. The number of amides is 1. The first kappa shape index (κ1) is 16.8. The predicted molar refractivity (Wildman–Crippen MR) is 94.9 cm³/mol. The minimum absolute atomic E-state index is 0.216. The molecular weight excluding hydrogens is 374 g/mol. The van der Waals surface area contributed by atoms with Crippen LogP contribution in [0, 0.1) is 6.92 Å². The van der Waals surface area contributed by atoms with Gasteiger partial charge in [0.25, 0.3) is 5.91 Å². The van der Waals surface area contributed by atoms with Gasteiger partial charge in [-0.3, -0.25) is 9.89 Å². The van der Waals surface area contributed by atoms with Crippen LogP contribution in [-0.2, 0) is 0 Å². The number of carbonyl (C=O) groups is 1. The van der Waals surface area contributed by atoms with E-state index < -0.39 is 0 Å². The van der Waals surface area contributed by atoms with Gasteiger partial charge in [0.05, 0.1) is 17.7 Å². The summed E-state index contributed by atoms with van der Waals surface area (Å²) >= 11 is 3.36. The number of carbonyl (C=O) groups excluding carboxylic acids is 1. The summed E-state index contributed by atoms with van der Waals surface area (Å²) in [5.41, 5.74) is 1.77. The molecule has 1 aliphatic carbocycles. The first-order valence-electron chi connectivity index (χ1n) is 7.95. The third-order valence-corrected chi connectivity index (χ3v) is 5.08. The molecule has 1 aliphatic rings. The number of aromatic nitrogens is 2. The van der Waals surface area contributed by atoms with Crippen molar-refractivity contribution in [1.82, 2.24) is 10.2 Å². The number of H-pyrrole nitrogens is 1. The number of aryl methyl sites for hydroxylation is 1. The van der Waals surface area contributed by atoms with E-state index in [4.69, 9.17) is 9.47 Å². The molecular formula is C17H20BrN3O3. The lowest BCUT2D eigenvalue weighted by Gasteiger charge is -2.17. The molecule has 0 bridgehead atoms. The minimum atomic E-state index is -0.289. The Kier molecular flexibility index (Phi) is 5.08. The number of hydrogen-bond donors (Lipinski definition) is 2. The first-order chi connectivity index (χ1) is 11.6. The molecule has 2 aromatic rings. The number of benzene rings is 1. The Morgan fingerprint density at radius 1 is 1.33 bits per heavy atom. The summed E-state index contributed by atoms with van der Waals surface area (Å²) in [5, 5.41) is 9.63. The molecule has 1 fully saturated rings. The molecule has 6 nitrogen and oxygen atoms in total. The van der Waals surface area contributed by atoms with Gasteiger partial charge < -0.3 is 14.8 Å². The number of aromatic amines is 1. The van der Waals surface area contributed by atoms with Crippen LogP contribution in [-0.4, -0.2) is 29.3 Å². The van der Waals surface area contributed by atoms with Crippen molar-refractivity contribution in [3.63, 3.8) is 0 Å². The van der Waals surface area contributed by atoms with Gasteiger partial charge in [0.1, 0.15) is 0 Å². The van der Waals surface area contributed by atoms with Gasteiger partial charge in [0.15, 0.2) is 17.2 Å². The average Bonchev–Trinajstić information content (AvgIpc) is 3.19. The van der Waals surface area contributed by atoms with E-state index in [2.05, 4.69) is 31.4 Å². The van der Waals surface area contributed by atoms with E-state index in [9.17, 15) is 4.79 Å². The van der Waals surface area contributed by atoms with E-state index in [1.165, 1.54) is 12.8 Å². The molecule has 1 aromatic carbocycles. The Morgan fingerprint density at radius 2 is 2.08 bits per heavy atom. The molecule has 0 aliphatic heterocycles. The maximum absolute atomic E-state index is 12.4. The van der Waals surface area contributed by atoms with Gasteiger partial charge in [-0.05, 0) is 60.7 Å². The SMILES string of the molecule is COc1ccc(NC(=O)c2n[nH]c(C)c2Br)cc1OC1CCCC1. The first-order valence-corrected chi connectivity index (χ1v) is 8.74. The number of methoxy groups -OCH3 is 1. The Labute approximate surface area is 149 Å². The molecule has 128 valence electrons. The van der Waals surface area contributed by atoms with Crippen molar-refractivity contribution in [2.24, 2.45) is 0 Å². The number of rotatable bonds is 5. The number of halogens is 1. The Morgan fingerprint density at radius 3 is 2.71 bits per heavy atom. The van der Waals surface area contributed by atoms with Gasteiger partial charge in [-0.1, -0.05) is 0 Å². The van der Waals surface area contributed by atoms with Gasteiger partial charge in [0, 0.05) is 17.4 Å². The summed E-state index contributed by atoms with van der Waals surface area (Å²) in [4.78, 5) is 12.4. The highest BCUT2D eigenvalue weighted by atomic mass is 79.9. The van der Waals surface area contributed by atoms with Crippen molar-refractivity contribution in [2.75, 3.05) is 12.4 Å². The summed E-state index contributed by atoms with van der Waals surface area (Å²) in [6.07, 6.45) is 4.71. The summed E-state index contributed by atoms with van der Waals surface area (Å²) in [6, 6.07) is 5.37. The summed E-state index contributed by atoms with van der Waals surface area (Å²) in [7, 11) is 1.61. The molecule has 1 amide bonds. The van der Waals surface area contributed by atoms with Crippen molar-refractivity contribution in [3.8, 4) is 11.5 Å². The van der Waals surface area contributed by atoms with Crippen molar-refractivity contribution in [3.05, 3.63) is 34.1 Å². The molecule has 3 rings (SSSR count). The Hall–Kier alpha value is -2.02. The van der Waals surface area contributed by atoms with Crippen LogP contribution in [0.25, 0.3) is 0 Å². The molecule has 0 radical (unpaired) electrons. The smallest absolute Gasteiger partial charge is 0.277 e. The second kappa shape index (κ2) is 7.25. The zero-order chi connectivity index (χ0) is 17.1. The van der Waals surface area contributed by atoms with Crippen molar-refractivity contribution >= 4 is 27.5 Å². The fraction of sp³-hybridized carbons (Fsp3) is 0.412. The van der Waals surface area contributed by atoms with Gasteiger partial charge >= 0.3 is 0 Å². The molecule has 2 N–H and O–H groups in total. The minimum Gasteiger partial charge on any atom is -0.493 e. The van der Waals surface area contributed by atoms with Crippen LogP contribution in [0.15, 0.2) is 22.7 Å². The van der Waals surface area contributed by atoms with E-state index in [1.54, 1.807) is 25.3 Å². The van der Waals surface area contributed by atoms with Crippen molar-refractivity contribution in [1.29, 1.82) is 0 Å². The maximum atomic E-state index is 12.4. The van der Waals surface area contributed by atoms with E-state index in [0.29, 0.717) is 27.4 Å². The standard InChI is InChI=1S/C17H20BrN3O3/c1-10-15(18)16(21-20-10)17(22)19-11-7-8-13(23-2)14(9-11)24-12-5-3-4-6-12/h7-9,12H,3-6H2,1-2H3,(H,19,22)(H,20,21). The lowest BCUT2D eigenvalue weighted by molar-refractivity contribution is 0.102. The molecule has 1 aromatic heterocycles. The number of hydrogen-bond acceptors (Lipinski definition) is 4. The largest absolute Gasteiger partial charge is 0.493 e. The number of ether oxygens (including phenoxy) is 2. The third kappa shape index (κ3) is 3.56. The van der Waals surface area contributed by atoms with Crippen LogP contribution in [0.4, 0.5) is 5.69 Å². The topological polar surface area (TPSA) is 76.2 Å². The highest BCUT2D eigenvalue weighted by Gasteiger charge is 2.20. The maximum Gasteiger partial charge on any atom is 0.277 e. The number of anilines is 1. The van der Waals surface area contributed by atoms with E-state index >= 15 is 0 Å². The molecule has 24 heavy (non-hydrogen) atoms. The molecule has 0 unspecified atom stereocenters. The van der Waals surface area contributed by atoms with Crippen LogP contribution in [0.2, 0.25) is 0 Å². The van der Waals surface area contributed by atoms with Crippen molar-refractivity contribution < 1.29 is 14.3 Å². The Bertz CT molecular complexity index is 739. The summed E-state index contributed by atoms with van der Waals surface area (Å²) in [6.45, 7) is 1.84. The average molecular weight is 394 g/mol. The normalized spacial score (nSPS) is 14.6. The molecule has 7 heteroatoms. The van der Waals surface area contributed by atoms with Crippen LogP contribution < -0.4 is 14.8 Å². The van der Waals surface area contributed by atoms with Gasteiger partial charge in [-0.2, -0.15) is 5.10 Å². The van der Waals surface area contributed by atoms with E-state index in [-0.39, 0.29) is 12.0 Å². The monoisotopic (exact) mass is 393 g/mol. The van der Waals surface area contributed by atoms with Crippen LogP contribution in [0.1, 0.15) is 41.9 Å². The van der Waals surface area contributed by atoms with Crippen LogP contribution in [0.5, 0.6) is 11.5 Å². The molecule has 0 atom stereocenters. The van der Waals surface area contributed by atoms with Gasteiger partial charge in [-0.25, -0.2) is 0 Å². The molecule has 1 saturated carbocycles. The third-order valence-electron chi connectivity index (χ3n) is 4.10. The Balaban J connectivity index is 1.78. The van der Waals surface area contributed by atoms with Crippen LogP contribution in [0.3, 0.4) is 0 Å². The zero-order valence-electron chi connectivity index (χ0n) is 13.7. The lowest BCUT2D eigenvalue weighted by atomic mass is 10.2. The second-order valence-electron chi connectivity index (χ2n) is 5.86. The van der Waals surface area contributed by atoms with Gasteiger partial charge in [-0.15, -0.1) is 0 Å². The summed E-state index contributed by atoms with van der Waals surface area (Å²) in [5.74, 6) is 1.03. The van der Waals surface area contributed by atoms with Gasteiger partial charge in [0.2, 0.25) is 0 Å². The van der Waals surface area contributed by atoms with E-state index in [1.807, 2.05) is 6.92 Å². The molecule has 1 heterocycles. The fourth-order valence-electron chi connectivity index (χ4n) is 2.79. The molecule has 0 spiro atoms. The predicted octanol–water partition coefficient (Wildman–Crippen LogP) is 4.06. The zero-order valence-corrected chi connectivity index (χ0v) is 15.3. The quantitative estimate of drug-likeness (QED) is 0.802. The number of nitrogens with zero attached hydrogens (tertiary/aromatic N) is 1. The number of nitrogens with one attached hydrogen (secondary N) is 2. The lowest BCUT2D eigenvalue weighted by Crippen LogP contribution is -2.14.